The van der Waals surface area contributed by atoms with Crippen molar-refractivity contribution in [1.82, 2.24) is 0 Å². The second kappa shape index (κ2) is 6.06. The first-order chi connectivity index (χ1) is 9.56. The Hall–Kier alpha value is -2.55. The third-order valence-electron chi connectivity index (χ3n) is 3.03. The molecule has 0 saturated heterocycles. The predicted molar refractivity (Wildman–Crippen MR) is 85.0 cm³/mol. The summed E-state index contributed by atoms with van der Waals surface area (Å²) >= 11 is 0. The number of ketones is 1. The standard InChI is InChI=1S/C17H18N2O/c1-19(2)16-10-3-13(4-11-16)5-12-17(20)14-6-8-15(18)9-7-14/h3-12H,18H2,1-2H3. The lowest BCUT2D eigenvalue weighted by molar-refractivity contribution is 0.104. The highest BCUT2D eigenvalue weighted by Crippen LogP contribution is 2.14. The van der Waals surface area contributed by atoms with Gasteiger partial charge in [-0.25, -0.2) is 0 Å². The summed E-state index contributed by atoms with van der Waals surface area (Å²) in [4.78, 5) is 14.0. The first kappa shape index (κ1) is 13.9. The Balaban J connectivity index is 2.08. The molecule has 2 rings (SSSR count). The fourth-order valence-corrected chi connectivity index (χ4v) is 1.80. The molecule has 0 amide bonds. The van der Waals surface area contributed by atoms with E-state index in [2.05, 4.69) is 0 Å². The summed E-state index contributed by atoms with van der Waals surface area (Å²) in [6.07, 6.45) is 3.40. The van der Waals surface area contributed by atoms with Crippen molar-refractivity contribution < 1.29 is 4.79 Å². The number of nitrogens with zero attached hydrogens (tertiary/aromatic N) is 1. The van der Waals surface area contributed by atoms with Crippen LogP contribution in [0.2, 0.25) is 0 Å². The number of hydrogen-bond acceptors (Lipinski definition) is 3. The minimum atomic E-state index is -0.0262. The lowest BCUT2D eigenvalue weighted by atomic mass is 10.1. The Morgan fingerprint density at radius 2 is 1.60 bits per heavy atom. The van der Waals surface area contributed by atoms with E-state index in [1.807, 2.05) is 49.3 Å². The quantitative estimate of drug-likeness (QED) is 0.525. The Kier molecular flexibility index (Phi) is 4.20. The molecular weight excluding hydrogens is 248 g/mol. The zero-order chi connectivity index (χ0) is 14.5. The molecule has 0 unspecified atom stereocenters. The van der Waals surface area contributed by atoms with Crippen molar-refractivity contribution >= 4 is 23.2 Å². The van der Waals surface area contributed by atoms with Crippen molar-refractivity contribution in [2.24, 2.45) is 0 Å². The smallest absolute Gasteiger partial charge is 0.185 e. The van der Waals surface area contributed by atoms with Crippen LogP contribution in [0.1, 0.15) is 15.9 Å². The minimum absolute atomic E-state index is 0.0262. The van der Waals surface area contributed by atoms with E-state index in [0.717, 1.165) is 11.3 Å². The van der Waals surface area contributed by atoms with Crippen LogP contribution in [-0.2, 0) is 0 Å². The van der Waals surface area contributed by atoms with E-state index in [4.69, 9.17) is 5.73 Å². The molecule has 0 aliphatic rings. The third kappa shape index (κ3) is 3.48. The first-order valence-electron chi connectivity index (χ1n) is 6.41. The van der Waals surface area contributed by atoms with Crippen molar-refractivity contribution in [2.45, 2.75) is 0 Å². The SMILES string of the molecule is CN(C)c1ccc(C=CC(=O)c2ccc(N)cc2)cc1. The van der Waals surface area contributed by atoms with Gasteiger partial charge in [0, 0.05) is 31.0 Å². The van der Waals surface area contributed by atoms with Crippen LogP contribution in [0.4, 0.5) is 11.4 Å². The molecule has 0 fully saturated rings. The molecule has 0 radical (unpaired) electrons. The monoisotopic (exact) mass is 266 g/mol. The van der Waals surface area contributed by atoms with Gasteiger partial charge >= 0.3 is 0 Å². The number of hydrogen-bond donors (Lipinski definition) is 1. The summed E-state index contributed by atoms with van der Waals surface area (Å²) in [5.74, 6) is -0.0262. The van der Waals surface area contributed by atoms with Crippen LogP contribution in [0.3, 0.4) is 0 Å². The van der Waals surface area contributed by atoms with Gasteiger partial charge in [0.1, 0.15) is 0 Å². The van der Waals surface area contributed by atoms with Gasteiger partial charge in [0.05, 0.1) is 0 Å². The lowest BCUT2D eigenvalue weighted by Crippen LogP contribution is -2.07. The molecule has 2 aromatic carbocycles. The highest BCUT2D eigenvalue weighted by Gasteiger charge is 2.01. The van der Waals surface area contributed by atoms with Crippen LogP contribution < -0.4 is 10.6 Å². The third-order valence-corrected chi connectivity index (χ3v) is 3.03. The Bertz CT molecular complexity index is 610. The van der Waals surface area contributed by atoms with Crippen molar-refractivity contribution in [3.63, 3.8) is 0 Å². The van der Waals surface area contributed by atoms with Crippen LogP contribution in [0, 0.1) is 0 Å². The van der Waals surface area contributed by atoms with Gasteiger partial charge in [0.15, 0.2) is 5.78 Å². The number of carbonyl (C=O) groups is 1. The van der Waals surface area contributed by atoms with Crippen molar-refractivity contribution in [1.29, 1.82) is 0 Å². The summed E-state index contributed by atoms with van der Waals surface area (Å²) in [5, 5.41) is 0. The van der Waals surface area contributed by atoms with Crippen molar-refractivity contribution in [3.05, 3.63) is 65.7 Å². The Morgan fingerprint density at radius 3 is 2.15 bits per heavy atom. The molecule has 3 heteroatoms. The largest absolute Gasteiger partial charge is 0.399 e. The number of allylic oxidation sites excluding steroid dienone is 1. The maximum atomic E-state index is 12.0. The topological polar surface area (TPSA) is 46.3 Å². The average molecular weight is 266 g/mol. The zero-order valence-electron chi connectivity index (χ0n) is 11.7. The maximum absolute atomic E-state index is 12.0. The van der Waals surface area contributed by atoms with Crippen LogP contribution in [0.25, 0.3) is 6.08 Å². The summed E-state index contributed by atoms with van der Waals surface area (Å²) < 4.78 is 0. The average Bonchev–Trinajstić information content (AvgIpc) is 2.46. The molecule has 0 aromatic heterocycles. The molecule has 0 bridgehead atoms. The molecule has 2 N–H and O–H groups in total. The zero-order valence-corrected chi connectivity index (χ0v) is 11.7. The first-order valence-corrected chi connectivity index (χ1v) is 6.41. The predicted octanol–water partition coefficient (Wildman–Crippen LogP) is 3.23. The van der Waals surface area contributed by atoms with Gasteiger partial charge in [-0.3, -0.25) is 4.79 Å². The van der Waals surface area contributed by atoms with Crippen LogP contribution in [0.15, 0.2) is 54.6 Å². The molecule has 102 valence electrons. The van der Waals surface area contributed by atoms with Gasteiger partial charge in [-0.2, -0.15) is 0 Å². The molecule has 0 heterocycles. The van der Waals surface area contributed by atoms with E-state index in [1.165, 1.54) is 0 Å². The van der Waals surface area contributed by atoms with Gasteiger partial charge in [0.2, 0.25) is 0 Å². The van der Waals surface area contributed by atoms with Crippen molar-refractivity contribution in [3.8, 4) is 0 Å². The summed E-state index contributed by atoms with van der Waals surface area (Å²) in [5.41, 5.74) is 9.02. The van der Waals surface area contributed by atoms with Gasteiger partial charge in [-0.1, -0.05) is 18.2 Å². The van der Waals surface area contributed by atoms with Crippen LogP contribution in [-0.4, -0.2) is 19.9 Å². The number of rotatable bonds is 4. The van der Waals surface area contributed by atoms with E-state index >= 15 is 0 Å². The van der Waals surface area contributed by atoms with E-state index in [-0.39, 0.29) is 5.78 Å². The Labute approximate surface area is 119 Å². The molecule has 0 spiro atoms. The molecule has 0 atom stereocenters. The number of anilines is 2. The Morgan fingerprint density at radius 1 is 1.00 bits per heavy atom. The fourth-order valence-electron chi connectivity index (χ4n) is 1.80. The molecule has 0 saturated carbocycles. The second-order valence-corrected chi connectivity index (χ2v) is 4.81. The fraction of sp³-hybridized carbons (Fsp3) is 0.118. The summed E-state index contributed by atoms with van der Waals surface area (Å²) in [6, 6.07) is 14.9. The van der Waals surface area contributed by atoms with E-state index in [1.54, 1.807) is 30.3 Å². The molecule has 20 heavy (non-hydrogen) atoms. The van der Waals surface area contributed by atoms with E-state index < -0.39 is 0 Å². The number of nitrogens with two attached hydrogens (primary N) is 1. The molecular formula is C17H18N2O. The molecule has 3 nitrogen and oxygen atoms in total. The van der Waals surface area contributed by atoms with Crippen LogP contribution in [0.5, 0.6) is 0 Å². The van der Waals surface area contributed by atoms with E-state index in [9.17, 15) is 4.79 Å². The highest BCUT2D eigenvalue weighted by atomic mass is 16.1. The van der Waals surface area contributed by atoms with Gasteiger partial charge < -0.3 is 10.6 Å². The van der Waals surface area contributed by atoms with Gasteiger partial charge in [0.25, 0.3) is 0 Å². The minimum Gasteiger partial charge on any atom is -0.399 e. The van der Waals surface area contributed by atoms with Crippen LogP contribution >= 0.6 is 0 Å². The maximum Gasteiger partial charge on any atom is 0.185 e. The highest BCUT2D eigenvalue weighted by molar-refractivity contribution is 6.06. The summed E-state index contributed by atoms with van der Waals surface area (Å²) in [7, 11) is 3.99. The van der Waals surface area contributed by atoms with Gasteiger partial charge in [-0.15, -0.1) is 0 Å². The normalized spacial score (nSPS) is 10.7. The lowest BCUT2D eigenvalue weighted by Gasteiger charge is -2.11. The molecule has 0 aliphatic carbocycles. The number of nitrogen functional groups attached to an aromatic ring is 1. The van der Waals surface area contributed by atoms with Crippen molar-refractivity contribution in [2.75, 3.05) is 24.7 Å². The van der Waals surface area contributed by atoms with E-state index in [0.29, 0.717) is 11.3 Å². The summed E-state index contributed by atoms with van der Waals surface area (Å²) in [6.45, 7) is 0. The van der Waals surface area contributed by atoms with Gasteiger partial charge in [-0.05, 0) is 48.0 Å². The molecule has 0 aliphatic heterocycles. The number of benzene rings is 2. The number of carbonyl (C=O) groups excluding carboxylic acids is 1. The second-order valence-electron chi connectivity index (χ2n) is 4.81. The molecule has 2 aromatic rings.